The molecule has 0 aliphatic carbocycles. The summed E-state index contributed by atoms with van der Waals surface area (Å²) >= 11 is 5.84. The maximum absolute atomic E-state index is 11.0. The summed E-state index contributed by atoms with van der Waals surface area (Å²) in [5.41, 5.74) is 0.797. The number of ether oxygens (including phenoxy) is 1. The molecule has 3 aromatic rings. The standard InChI is InChI=1S/C13H7ClN4O3/c14-8-1-3-10(18(19)20)11(7-8)21-12-4-2-9-13(17-12)16-6-5-15-9/h1-7H. The number of fused-ring (bicyclic) bond motifs is 1. The molecule has 2 heterocycles. The fourth-order valence-corrected chi connectivity index (χ4v) is 1.89. The zero-order valence-corrected chi connectivity index (χ0v) is 11.2. The molecule has 0 aliphatic heterocycles. The average molecular weight is 303 g/mol. The van der Waals surface area contributed by atoms with Crippen molar-refractivity contribution >= 4 is 28.5 Å². The first-order chi connectivity index (χ1) is 10.1. The first-order valence-corrected chi connectivity index (χ1v) is 6.21. The van der Waals surface area contributed by atoms with Crippen LogP contribution in [0.5, 0.6) is 11.6 Å². The molecule has 0 amide bonds. The van der Waals surface area contributed by atoms with Crippen LogP contribution < -0.4 is 4.74 Å². The molecule has 3 rings (SSSR count). The van der Waals surface area contributed by atoms with E-state index in [1.165, 1.54) is 24.4 Å². The molecule has 0 fully saturated rings. The van der Waals surface area contributed by atoms with Crippen molar-refractivity contribution in [3.05, 3.63) is 57.9 Å². The molecule has 0 aliphatic rings. The lowest BCUT2D eigenvalue weighted by atomic mass is 10.3. The number of halogens is 1. The highest BCUT2D eigenvalue weighted by Crippen LogP contribution is 2.33. The van der Waals surface area contributed by atoms with Crippen LogP contribution in [0.2, 0.25) is 5.02 Å². The number of nitro groups is 1. The third kappa shape index (κ3) is 2.72. The van der Waals surface area contributed by atoms with E-state index in [1.54, 1.807) is 18.3 Å². The number of benzene rings is 1. The van der Waals surface area contributed by atoms with Crippen LogP contribution in [-0.4, -0.2) is 19.9 Å². The number of nitro benzene ring substituents is 1. The van der Waals surface area contributed by atoms with E-state index in [0.29, 0.717) is 16.2 Å². The van der Waals surface area contributed by atoms with E-state index < -0.39 is 4.92 Å². The SMILES string of the molecule is O=[N+]([O-])c1ccc(Cl)cc1Oc1ccc2nccnc2n1. The largest absolute Gasteiger partial charge is 0.432 e. The molecule has 0 atom stereocenters. The van der Waals surface area contributed by atoms with Crippen molar-refractivity contribution in [1.29, 1.82) is 0 Å². The average Bonchev–Trinajstić information content (AvgIpc) is 2.47. The third-order valence-corrected chi connectivity index (χ3v) is 2.87. The van der Waals surface area contributed by atoms with Crippen LogP contribution in [0.3, 0.4) is 0 Å². The first-order valence-electron chi connectivity index (χ1n) is 5.83. The number of hydrogen-bond acceptors (Lipinski definition) is 6. The zero-order valence-electron chi connectivity index (χ0n) is 10.4. The lowest BCUT2D eigenvalue weighted by Crippen LogP contribution is -1.95. The number of pyridine rings is 1. The first kappa shape index (κ1) is 13.2. The van der Waals surface area contributed by atoms with Crippen LogP contribution in [0.1, 0.15) is 0 Å². The minimum absolute atomic E-state index is 0.0169. The van der Waals surface area contributed by atoms with Crippen LogP contribution in [0.4, 0.5) is 5.69 Å². The Morgan fingerprint density at radius 3 is 2.76 bits per heavy atom. The van der Waals surface area contributed by atoms with Crippen molar-refractivity contribution in [2.24, 2.45) is 0 Å². The topological polar surface area (TPSA) is 91.0 Å². The van der Waals surface area contributed by atoms with Gasteiger partial charge in [-0.1, -0.05) is 11.6 Å². The summed E-state index contributed by atoms with van der Waals surface area (Å²) in [6, 6.07) is 7.29. The van der Waals surface area contributed by atoms with E-state index >= 15 is 0 Å². The summed E-state index contributed by atoms with van der Waals surface area (Å²) in [4.78, 5) is 22.7. The van der Waals surface area contributed by atoms with Crippen molar-refractivity contribution in [1.82, 2.24) is 15.0 Å². The van der Waals surface area contributed by atoms with Crippen molar-refractivity contribution in [3.63, 3.8) is 0 Å². The van der Waals surface area contributed by atoms with Crippen LogP contribution in [0.15, 0.2) is 42.7 Å². The van der Waals surface area contributed by atoms with Gasteiger partial charge in [0.2, 0.25) is 11.6 Å². The molecule has 1 aromatic carbocycles. The smallest absolute Gasteiger partial charge is 0.311 e. The lowest BCUT2D eigenvalue weighted by molar-refractivity contribution is -0.385. The summed E-state index contributed by atoms with van der Waals surface area (Å²) in [6.07, 6.45) is 3.05. The molecule has 104 valence electrons. The van der Waals surface area contributed by atoms with Gasteiger partial charge in [-0.05, 0) is 12.1 Å². The lowest BCUT2D eigenvalue weighted by Gasteiger charge is -2.06. The summed E-state index contributed by atoms with van der Waals surface area (Å²) in [7, 11) is 0. The van der Waals surface area contributed by atoms with Gasteiger partial charge in [0.05, 0.1) is 4.92 Å². The molecule has 7 nitrogen and oxygen atoms in total. The molecule has 8 heteroatoms. The number of rotatable bonds is 3. The highest BCUT2D eigenvalue weighted by Gasteiger charge is 2.17. The Bertz CT molecular complexity index is 841. The van der Waals surface area contributed by atoms with Crippen molar-refractivity contribution in [2.45, 2.75) is 0 Å². The summed E-state index contributed by atoms with van der Waals surface area (Å²) in [5.74, 6) is 0.191. The summed E-state index contributed by atoms with van der Waals surface area (Å²) < 4.78 is 5.45. The molecule has 21 heavy (non-hydrogen) atoms. The van der Waals surface area contributed by atoms with Gasteiger partial charge >= 0.3 is 5.69 Å². The van der Waals surface area contributed by atoms with Gasteiger partial charge in [-0.25, -0.2) is 4.98 Å². The number of nitrogens with zero attached hydrogens (tertiary/aromatic N) is 4. The van der Waals surface area contributed by atoms with E-state index in [-0.39, 0.29) is 17.3 Å². The van der Waals surface area contributed by atoms with Crippen molar-refractivity contribution in [3.8, 4) is 11.6 Å². The fraction of sp³-hybridized carbons (Fsp3) is 0. The Kier molecular flexibility index (Phi) is 3.33. The van der Waals surface area contributed by atoms with E-state index in [4.69, 9.17) is 16.3 Å². The van der Waals surface area contributed by atoms with E-state index in [1.807, 2.05) is 0 Å². The van der Waals surface area contributed by atoms with Crippen LogP contribution in [-0.2, 0) is 0 Å². The van der Waals surface area contributed by atoms with Gasteiger partial charge in [-0.2, -0.15) is 4.98 Å². The van der Waals surface area contributed by atoms with Gasteiger partial charge in [-0.15, -0.1) is 0 Å². The molecule has 2 aromatic heterocycles. The molecule has 0 N–H and O–H groups in total. The van der Waals surface area contributed by atoms with Gasteiger partial charge in [0.25, 0.3) is 0 Å². The quantitative estimate of drug-likeness (QED) is 0.544. The minimum atomic E-state index is -0.549. The maximum atomic E-state index is 11.0. The Hall–Kier alpha value is -2.80. The molecular weight excluding hydrogens is 296 g/mol. The van der Waals surface area contributed by atoms with Gasteiger partial charge in [-0.3, -0.25) is 15.1 Å². The molecule has 0 spiro atoms. The number of hydrogen-bond donors (Lipinski definition) is 0. The molecule has 0 saturated carbocycles. The fourth-order valence-electron chi connectivity index (χ4n) is 1.73. The predicted molar refractivity (Wildman–Crippen MR) is 75.5 cm³/mol. The van der Waals surface area contributed by atoms with E-state index in [2.05, 4.69) is 15.0 Å². The molecule has 0 bridgehead atoms. The number of aromatic nitrogens is 3. The Labute approximate surface area is 123 Å². The third-order valence-electron chi connectivity index (χ3n) is 2.64. The Morgan fingerprint density at radius 1 is 1.14 bits per heavy atom. The molecular formula is C13H7ClN4O3. The van der Waals surface area contributed by atoms with Crippen LogP contribution in [0.25, 0.3) is 11.2 Å². The highest BCUT2D eigenvalue weighted by atomic mass is 35.5. The molecule has 0 saturated heterocycles. The van der Waals surface area contributed by atoms with Crippen molar-refractivity contribution in [2.75, 3.05) is 0 Å². The summed E-state index contributed by atoms with van der Waals surface area (Å²) in [5, 5.41) is 11.3. The van der Waals surface area contributed by atoms with Crippen LogP contribution >= 0.6 is 11.6 Å². The Balaban J connectivity index is 2.02. The zero-order chi connectivity index (χ0) is 14.8. The van der Waals surface area contributed by atoms with Gasteiger partial charge < -0.3 is 4.74 Å². The maximum Gasteiger partial charge on any atom is 0.311 e. The Morgan fingerprint density at radius 2 is 1.95 bits per heavy atom. The highest BCUT2D eigenvalue weighted by molar-refractivity contribution is 6.30. The second-order valence-corrected chi connectivity index (χ2v) is 4.46. The van der Waals surface area contributed by atoms with Crippen molar-refractivity contribution < 1.29 is 9.66 Å². The van der Waals surface area contributed by atoms with Gasteiger partial charge in [0.1, 0.15) is 5.52 Å². The second kappa shape index (κ2) is 5.29. The molecule has 0 radical (unpaired) electrons. The monoisotopic (exact) mass is 302 g/mol. The predicted octanol–water partition coefficient (Wildman–Crippen LogP) is 3.38. The van der Waals surface area contributed by atoms with E-state index in [9.17, 15) is 10.1 Å². The van der Waals surface area contributed by atoms with Gasteiger partial charge in [0.15, 0.2) is 5.65 Å². The van der Waals surface area contributed by atoms with Gasteiger partial charge in [0, 0.05) is 35.6 Å². The van der Waals surface area contributed by atoms with E-state index in [0.717, 1.165) is 0 Å². The minimum Gasteiger partial charge on any atom is -0.432 e. The molecule has 0 unspecified atom stereocenters. The normalized spacial score (nSPS) is 10.5. The second-order valence-electron chi connectivity index (χ2n) is 4.02. The summed E-state index contributed by atoms with van der Waals surface area (Å²) in [6.45, 7) is 0. The van der Waals surface area contributed by atoms with Crippen LogP contribution in [0, 0.1) is 10.1 Å².